The molecule has 94 valence electrons. The van der Waals surface area contributed by atoms with Crippen molar-refractivity contribution < 1.29 is 4.74 Å². The van der Waals surface area contributed by atoms with Gasteiger partial charge in [0.05, 0.1) is 6.61 Å². The minimum absolute atomic E-state index is 0.595. The second-order valence-corrected chi connectivity index (χ2v) is 5.57. The molecule has 0 spiro atoms. The molecular formula is C13H26N2O. The van der Waals surface area contributed by atoms with Crippen LogP contribution in [0.3, 0.4) is 0 Å². The first-order chi connectivity index (χ1) is 7.68. The Bertz CT molecular complexity index is 204. The molecule has 1 N–H and O–H groups in total. The summed E-state index contributed by atoms with van der Waals surface area (Å²) in [6.07, 6.45) is 4.01. The van der Waals surface area contributed by atoms with Gasteiger partial charge in [-0.05, 0) is 46.1 Å². The van der Waals surface area contributed by atoms with E-state index in [1.54, 1.807) is 0 Å². The summed E-state index contributed by atoms with van der Waals surface area (Å²) in [4.78, 5) is 2.52. The number of likely N-dealkylation sites (N-methyl/N-ethyl adjacent to an activating group) is 1. The van der Waals surface area contributed by atoms with Crippen LogP contribution in [0.2, 0.25) is 0 Å². The number of hydrogen-bond acceptors (Lipinski definition) is 3. The van der Waals surface area contributed by atoms with Crippen LogP contribution in [0.4, 0.5) is 0 Å². The highest BCUT2D eigenvalue weighted by Gasteiger charge is 2.29. The summed E-state index contributed by atoms with van der Waals surface area (Å²) in [5.74, 6) is 0.721. The molecule has 0 radical (unpaired) electrons. The van der Waals surface area contributed by atoms with E-state index in [1.165, 1.54) is 19.3 Å². The van der Waals surface area contributed by atoms with E-state index in [1.807, 2.05) is 0 Å². The average Bonchev–Trinajstić information content (AvgIpc) is 2.99. The van der Waals surface area contributed by atoms with Crippen LogP contribution in [0.25, 0.3) is 0 Å². The molecule has 0 aromatic carbocycles. The fraction of sp³-hybridized carbons (Fsp3) is 1.00. The summed E-state index contributed by atoms with van der Waals surface area (Å²) >= 11 is 0. The molecule has 2 aliphatic rings. The van der Waals surface area contributed by atoms with Gasteiger partial charge in [-0.15, -0.1) is 0 Å². The van der Waals surface area contributed by atoms with Crippen LogP contribution in [-0.4, -0.2) is 49.8 Å². The van der Waals surface area contributed by atoms with E-state index in [0.29, 0.717) is 12.1 Å². The van der Waals surface area contributed by atoms with Crippen molar-refractivity contribution in [3.63, 3.8) is 0 Å². The lowest BCUT2D eigenvalue weighted by molar-refractivity contribution is 0.175. The maximum atomic E-state index is 5.43. The van der Waals surface area contributed by atoms with Crippen molar-refractivity contribution in [1.29, 1.82) is 0 Å². The number of nitrogens with zero attached hydrogens (tertiary/aromatic N) is 1. The molecule has 3 heteroatoms. The molecule has 3 unspecified atom stereocenters. The number of nitrogens with one attached hydrogen (secondary N) is 1. The first-order valence-corrected chi connectivity index (χ1v) is 6.71. The zero-order valence-corrected chi connectivity index (χ0v) is 10.9. The Labute approximate surface area is 99.5 Å². The molecule has 1 heterocycles. The Morgan fingerprint density at radius 1 is 1.31 bits per heavy atom. The van der Waals surface area contributed by atoms with Crippen LogP contribution in [0, 0.1) is 5.92 Å². The predicted octanol–water partition coefficient (Wildman–Crippen LogP) is 1.48. The fourth-order valence-corrected chi connectivity index (χ4v) is 2.46. The van der Waals surface area contributed by atoms with Gasteiger partial charge < -0.3 is 10.1 Å². The van der Waals surface area contributed by atoms with Gasteiger partial charge in [0.15, 0.2) is 0 Å². The lowest BCUT2D eigenvalue weighted by Crippen LogP contribution is -2.44. The van der Waals surface area contributed by atoms with E-state index in [-0.39, 0.29) is 0 Å². The zero-order chi connectivity index (χ0) is 11.5. The summed E-state index contributed by atoms with van der Waals surface area (Å²) in [7, 11) is 2.26. The summed E-state index contributed by atoms with van der Waals surface area (Å²) in [5, 5.41) is 3.67. The molecule has 2 rings (SSSR count). The van der Waals surface area contributed by atoms with Gasteiger partial charge in [-0.2, -0.15) is 0 Å². The van der Waals surface area contributed by atoms with Crippen molar-refractivity contribution in [3.8, 4) is 0 Å². The van der Waals surface area contributed by atoms with Gasteiger partial charge in [0, 0.05) is 31.3 Å². The summed E-state index contributed by atoms with van der Waals surface area (Å²) in [6, 6.07) is 2.11. The van der Waals surface area contributed by atoms with Crippen molar-refractivity contribution in [2.24, 2.45) is 5.92 Å². The minimum atomic E-state index is 0.595. The van der Waals surface area contributed by atoms with E-state index >= 15 is 0 Å². The van der Waals surface area contributed by atoms with Crippen molar-refractivity contribution in [2.45, 2.75) is 51.2 Å². The normalized spacial score (nSPS) is 29.6. The highest BCUT2D eigenvalue weighted by molar-refractivity contribution is 4.86. The third kappa shape index (κ3) is 3.19. The number of rotatable bonds is 6. The average molecular weight is 226 g/mol. The third-order valence-electron chi connectivity index (χ3n) is 4.23. The van der Waals surface area contributed by atoms with E-state index < -0.39 is 0 Å². The Kier molecular flexibility index (Phi) is 4.22. The second kappa shape index (κ2) is 5.48. The van der Waals surface area contributed by atoms with Gasteiger partial charge in [0.2, 0.25) is 0 Å². The quantitative estimate of drug-likeness (QED) is 0.742. The lowest BCUT2D eigenvalue weighted by Gasteiger charge is -2.27. The molecule has 2 fully saturated rings. The molecule has 0 aromatic heterocycles. The van der Waals surface area contributed by atoms with Crippen LogP contribution in [0.5, 0.6) is 0 Å². The molecule has 1 saturated carbocycles. The smallest absolute Gasteiger partial charge is 0.0509 e. The Morgan fingerprint density at radius 2 is 2.06 bits per heavy atom. The van der Waals surface area contributed by atoms with Gasteiger partial charge >= 0.3 is 0 Å². The van der Waals surface area contributed by atoms with E-state index in [2.05, 4.69) is 31.1 Å². The van der Waals surface area contributed by atoms with Crippen molar-refractivity contribution in [1.82, 2.24) is 10.2 Å². The SMILES string of the molecule is CC(NCC(C)N(C)C1CC1)C1CCOC1. The topological polar surface area (TPSA) is 24.5 Å². The van der Waals surface area contributed by atoms with Gasteiger partial charge in [0.25, 0.3) is 0 Å². The van der Waals surface area contributed by atoms with E-state index in [4.69, 9.17) is 4.74 Å². The van der Waals surface area contributed by atoms with Gasteiger partial charge in [0.1, 0.15) is 0 Å². The molecule has 1 saturated heterocycles. The van der Waals surface area contributed by atoms with Gasteiger partial charge in [-0.1, -0.05) is 0 Å². The molecular weight excluding hydrogens is 200 g/mol. The standard InChI is InChI=1S/C13H26N2O/c1-10(15(3)13-4-5-13)8-14-11(2)12-6-7-16-9-12/h10-14H,4-9H2,1-3H3. The Hall–Kier alpha value is -0.120. The third-order valence-corrected chi connectivity index (χ3v) is 4.23. The predicted molar refractivity (Wildman–Crippen MR) is 66.6 cm³/mol. The molecule has 3 atom stereocenters. The zero-order valence-electron chi connectivity index (χ0n) is 10.9. The Balaban J connectivity index is 1.65. The van der Waals surface area contributed by atoms with Crippen LogP contribution >= 0.6 is 0 Å². The van der Waals surface area contributed by atoms with Crippen molar-refractivity contribution in [2.75, 3.05) is 26.8 Å². The highest BCUT2D eigenvalue weighted by atomic mass is 16.5. The molecule has 1 aliphatic heterocycles. The maximum Gasteiger partial charge on any atom is 0.0509 e. The van der Waals surface area contributed by atoms with Crippen LogP contribution in [0.15, 0.2) is 0 Å². The first kappa shape index (κ1) is 12.3. The van der Waals surface area contributed by atoms with Crippen LogP contribution in [0.1, 0.15) is 33.1 Å². The molecule has 0 amide bonds. The highest BCUT2D eigenvalue weighted by Crippen LogP contribution is 2.26. The minimum Gasteiger partial charge on any atom is -0.381 e. The van der Waals surface area contributed by atoms with E-state index in [0.717, 1.165) is 31.7 Å². The molecule has 3 nitrogen and oxygen atoms in total. The summed E-state index contributed by atoms with van der Waals surface area (Å²) in [5.41, 5.74) is 0. The molecule has 0 aromatic rings. The van der Waals surface area contributed by atoms with Gasteiger partial charge in [-0.3, -0.25) is 4.90 Å². The maximum absolute atomic E-state index is 5.43. The second-order valence-electron chi connectivity index (χ2n) is 5.57. The number of ether oxygens (including phenoxy) is 1. The van der Waals surface area contributed by atoms with Gasteiger partial charge in [-0.25, -0.2) is 0 Å². The molecule has 0 bridgehead atoms. The summed E-state index contributed by atoms with van der Waals surface area (Å²) < 4.78 is 5.43. The largest absolute Gasteiger partial charge is 0.381 e. The number of hydrogen-bond donors (Lipinski definition) is 1. The molecule has 16 heavy (non-hydrogen) atoms. The molecule has 1 aliphatic carbocycles. The van der Waals surface area contributed by atoms with Crippen molar-refractivity contribution in [3.05, 3.63) is 0 Å². The first-order valence-electron chi connectivity index (χ1n) is 6.71. The Morgan fingerprint density at radius 3 is 2.62 bits per heavy atom. The van der Waals surface area contributed by atoms with Crippen LogP contribution in [-0.2, 0) is 4.74 Å². The van der Waals surface area contributed by atoms with Crippen LogP contribution < -0.4 is 5.32 Å². The van der Waals surface area contributed by atoms with E-state index in [9.17, 15) is 0 Å². The summed E-state index contributed by atoms with van der Waals surface area (Å²) in [6.45, 7) is 7.62. The fourth-order valence-electron chi connectivity index (χ4n) is 2.46. The van der Waals surface area contributed by atoms with Crippen molar-refractivity contribution >= 4 is 0 Å². The lowest BCUT2D eigenvalue weighted by atomic mass is 10.0. The monoisotopic (exact) mass is 226 g/mol.